The van der Waals surface area contributed by atoms with Gasteiger partial charge in [0.2, 0.25) is 0 Å². The molecule has 5 nitrogen and oxygen atoms in total. The molecule has 1 fully saturated rings. The number of hydrogen-bond donors (Lipinski definition) is 4. The Morgan fingerprint density at radius 1 is 1.09 bits per heavy atom. The summed E-state index contributed by atoms with van der Waals surface area (Å²) in [5.74, 6) is 0.807. The third kappa shape index (κ3) is 6.80. The lowest BCUT2D eigenvalue weighted by Gasteiger charge is -2.26. The van der Waals surface area contributed by atoms with Gasteiger partial charge in [-0.1, -0.05) is 37.3 Å². The van der Waals surface area contributed by atoms with Crippen molar-refractivity contribution in [2.24, 2.45) is 10.9 Å². The first-order valence-electron chi connectivity index (χ1n) is 11.4. The van der Waals surface area contributed by atoms with E-state index >= 15 is 0 Å². The van der Waals surface area contributed by atoms with Crippen LogP contribution in [-0.4, -0.2) is 25.5 Å². The van der Waals surface area contributed by atoms with E-state index in [1.165, 1.54) is 43.2 Å². The van der Waals surface area contributed by atoms with E-state index in [1.807, 2.05) is 0 Å². The van der Waals surface area contributed by atoms with Gasteiger partial charge in [0, 0.05) is 36.0 Å². The van der Waals surface area contributed by atoms with E-state index in [2.05, 4.69) is 40.3 Å². The summed E-state index contributed by atoms with van der Waals surface area (Å²) < 4.78 is 54.2. The fourth-order valence-electron chi connectivity index (χ4n) is 3.79. The van der Waals surface area contributed by atoms with E-state index < -0.39 is 23.7 Å². The Morgan fingerprint density at radius 2 is 1.76 bits per heavy atom. The highest BCUT2D eigenvalue weighted by Gasteiger charge is 2.36. The van der Waals surface area contributed by atoms with Crippen molar-refractivity contribution in [3.63, 3.8) is 0 Å². The van der Waals surface area contributed by atoms with E-state index in [4.69, 9.17) is 0 Å². The minimum absolute atomic E-state index is 0.0441. The van der Waals surface area contributed by atoms with Crippen molar-refractivity contribution in [3.05, 3.63) is 77.1 Å². The largest absolute Gasteiger partial charge is 0.416 e. The highest BCUT2D eigenvalue weighted by Crippen LogP contribution is 2.36. The molecule has 34 heavy (non-hydrogen) atoms. The summed E-state index contributed by atoms with van der Waals surface area (Å²) in [4.78, 5) is 4.25. The Hall–Kier alpha value is -2.91. The molecule has 0 bridgehead atoms. The lowest BCUT2D eigenvalue weighted by atomic mass is 10.0. The number of hydrogen-bond acceptors (Lipinski definition) is 5. The molecule has 0 radical (unpaired) electrons. The number of alkyl halides is 3. The van der Waals surface area contributed by atoms with Crippen LogP contribution in [0.4, 0.5) is 17.6 Å². The molecule has 1 heterocycles. The Labute approximate surface area is 197 Å². The van der Waals surface area contributed by atoms with Crippen molar-refractivity contribution in [3.8, 4) is 0 Å². The Balaban J connectivity index is 0.000000343. The van der Waals surface area contributed by atoms with Crippen LogP contribution in [0.15, 0.2) is 59.6 Å². The van der Waals surface area contributed by atoms with Gasteiger partial charge in [0.15, 0.2) is 0 Å². The van der Waals surface area contributed by atoms with Crippen molar-refractivity contribution < 1.29 is 17.6 Å². The minimum Gasteiger partial charge on any atom is -0.359 e. The molecule has 1 aliphatic heterocycles. The van der Waals surface area contributed by atoms with E-state index in [-0.39, 0.29) is 17.0 Å². The predicted molar refractivity (Wildman–Crippen MR) is 127 cm³/mol. The van der Waals surface area contributed by atoms with Gasteiger partial charge in [-0.15, -0.1) is 0 Å². The van der Waals surface area contributed by atoms with Crippen LogP contribution in [0, 0.1) is 11.7 Å². The summed E-state index contributed by atoms with van der Waals surface area (Å²) in [5, 5.41) is 6.30. The van der Waals surface area contributed by atoms with Crippen LogP contribution in [0.1, 0.15) is 49.5 Å². The van der Waals surface area contributed by atoms with Crippen molar-refractivity contribution in [1.29, 1.82) is 0 Å². The lowest BCUT2D eigenvalue weighted by molar-refractivity contribution is -0.138. The van der Waals surface area contributed by atoms with Crippen molar-refractivity contribution in [2.45, 2.75) is 45.1 Å². The van der Waals surface area contributed by atoms with E-state index in [9.17, 15) is 17.6 Å². The van der Waals surface area contributed by atoms with Gasteiger partial charge < -0.3 is 16.1 Å². The van der Waals surface area contributed by atoms with Gasteiger partial charge in [0.05, 0.1) is 5.56 Å². The second-order valence-corrected chi connectivity index (χ2v) is 8.24. The Bertz CT molecular complexity index is 1010. The van der Waals surface area contributed by atoms with Gasteiger partial charge >= 0.3 is 6.18 Å². The molecule has 184 valence electrons. The number of rotatable bonds is 6. The first-order valence-corrected chi connectivity index (χ1v) is 11.4. The van der Waals surface area contributed by atoms with E-state index in [0.29, 0.717) is 5.70 Å². The molecule has 2 aliphatic rings. The van der Waals surface area contributed by atoms with Crippen molar-refractivity contribution in [2.75, 3.05) is 13.6 Å². The number of hydrazine groups is 1. The number of amidine groups is 1. The summed E-state index contributed by atoms with van der Waals surface area (Å²) in [5.41, 5.74) is 5.15. The van der Waals surface area contributed by atoms with Gasteiger partial charge in [-0.25, -0.2) is 14.8 Å². The molecule has 1 saturated carbocycles. The molecule has 2 atom stereocenters. The van der Waals surface area contributed by atoms with Crippen LogP contribution in [0.25, 0.3) is 5.70 Å². The number of nitrogens with one attached hydrogen (secondary N) is 4. The second kappa shape index (κ2) is 11.5. The molecular weight excluding hydrogens is 446 g/mol. The zero-order valence-electron chi connectivity index (χ0n) is 19.5. The summed E-state index contributed by atoms with van der Waals surface area (Å²) in [6.45, 7) is 5.57. The standard InChI is InChI=1S/C18H16F4N4.C7H15N/c1-23-26-16-10-15(12-7-3-5-9-14(12)19)24-17(25-16)11-6-2-4-8-13(11)18(20,21)22;1-3-8-6(2)7-4-5-7/h2-10,17,23-24H,1H3,(H,25,26);6-8H,3-5H2,1-2H3. The molecule has 0 aromatic heterocycles. The average molecular weight is 478 g/mol. The molecule has 4 N–H and O–H groups in total. The van der Waals surface area contributed by atoms with Crippen LogP contribution in [0.3, 0.4) is 0 Å². The number of benzene rings is 2. The maximum Gasteiger partial charge on any atom is 0.416 e. The van der Waals surface area contributed by atoms with E-state index in [1.54, 1.807) is 25.2 Å². The summed E-state index contributed by atoms with van der Waals surface area (Å²) in [7, 11) is 1.60. The Kier molecular flexibility index (Phi) is 8.68. The molecule has 9 heteroatoms. The van der Waals surface area contributed by atoms with Gasteiger partial charge in [-0.2, -0.15) is 13.2 Å². The number of nitrogens with zero attached hydrogens (tertiary/aromatic N) is 1. The van der Waals surface area contributed by atoms with Gasteiger partial charge in [0.25, 0.3) is 0 Å². The molecule has 0 amide bonds. The van der Waals surface area contributed by atoms with Crippen LogP contribution in [0.2, 0.25) is 0 Å². The lowest BCUT2D eigenvalue weighted by Crippen LogP contribution is -2.38. The third-order valence-corrected chi connectivity index (χ3v) is 5.67. The van der Waals surface area contributed by atoms with Gasteiger partial charge in [0.1, 0.15) is 17.8 Å². The summed E-state index contributed by atoms with van der Waals surface area (Å²) in [6, 6.07) is 12.0. The number of aliphatic imine (C=N–C) groups is 1. The quantitative estimate of drug-likeness (QED) is 0.349. The highest BCUT2D eigenvalue weighted by molar-refractivity contribution is 6.00. The molecule has 2 unspecified atom stereocenters. The first kappa shape index (κ1) is 25.7. The zero-order valence-corrected chi connectivity index (χ0v) is 19.5. The van der Waals surface area contributed by atoms with Gasteiger partial charge in [-0.05, 0) is 50.4 Å². The second-order valence-electron chi connectivity index (χ2n) is 8.24. The third-order valence-electron chi connectivity index (χ3n) is 5.67. The minimum atomic E-state index is -4.52. The van der Waals surface area contributed by atoms with Crippen LogP contribution in [-0.2, 0) is 6.18 Å². The molecule has 0 saturated heterocycles. The Morgan fingerprint density at radius 3 is 2.38 bits per heavy atom. The normalized spacial score (nSPS) is 18.6. The maximum absolute atomic E-state index is 14.1. The van der Waals surface area contributed by atoms with Crippen molar-refractivity contribution in [1.82, 2.24) is 21.5 Å². The highest BCUT2D eigenvalue weighted by atomic mass is 19.4. The zero-order chi connectivity index (χ0) is 24.7. The molecule has 2 aromatic rings. The fraction of sp³-hybridized carbons (Fsp3) is 0.400. The topological polar surface area (TPSA) is 60.5 Å². The molecule has 2 aromatic carbocycles. The monoisotopic (exact) mass is 477 g/mol. The number of halogens is 4. The van der Waals surface area contributed by atoms with Crippen LogP contribution in [0.5, 0.6) is 0 Å². The molecule has 4 rings (SSSR count). The maximum atomic E-state index is 14.1. The smallest absolute Gasteiger partial charge is 0.359 e. The molecular formula is C25H31F4N5. The van der Waals surface area contributed by atoms with Crippen molar-refractivity contribution >= 4 is 11.5 Å². The summed E-state index contributed by atoms with van der Waals surface area (Å²) in [6.07, 6.45) is -1.11. The molecule has 0 spiro atoms. The fourth-order valence-corrected chi connectivity index (χ4v) is 3.79. The van der Waals surface area contributed by atoms with E-state index in [0.717, 1.165) is 24.6 Å². The average Bonchev–Trinajstić information content (AvgIpc) is 3.65. The van der Waals surface area contributed by atoms with Gasteiger partial charge in [-0.3, -0.25) is 0 Å². The van der Waals surface area contributed by atoms with Crippen LogP contribution < -0.4 is 21.5 Å². The summed E-state index contributed by atoms with van der Waals surface area (Å²) >= 11 is 0. The first-order chi connectivity index (χ1) is 16.2. The van der Waals surface area contributed by atoms with Crippen LogP contribution >= 0.6 is 0 Å². The SMILES string of the molecule is CCNC(C)C1CC1.CNNC1=NC(c2ccccc2C(F)(F)F)NC(c2ccccc2F)=C1. The molecule has 1 aliphatic carbocycles. The predicted octanol–water partition coefficient (Wildman–Crippen LogP) is 5.00.